The number of aliphatic hydroxyl groups is 1. The minimum Gasteiger partial charge on any atom is -0.491 e. The molecule has 1 aromatic rings. The van der Waals surface area contributed by atoms with Gasteiger partial charge < -0.3 is 14.7 Å². The molecule has 0 aromatic heterocycles. The molecule has 2 rings (SSSR count). The molecule has 0 unspecified atom stereocenters. The first-order valence-electron chi connectivity index (χ1n) is 7.34. The maximum atomic E-state index is 10.1. The van der Waals surface area contributed by atoms with Gasteiger partial charge in [0.1, 0.15) is 25.0 Å². The fourth-order valence-electron chi connectivity index (χ4n) is 2.66. The second kappa shape index (κ2) is 6.92. The molecule has 0 bridgehead atoms. The lowest BCUT2D eigenvalue weighted by Crippen LogP contribution is -3.14. The maximum absolute atomic E-state index is 10.1. The van der Waals surface area contributed by atoms with Crippen LogP contribution in [0.1, 0.15) is 25.3 Å². The monoisotopic (exact) mass is 264 g/mol. The number of quaternary nitrogens is 1. The van der Waals surface area contributed by atoms with Gasteiger partial charge in [0, 0.05) is 0 Å². The molecule has 1 saturated heterocycles. The molecule has 1 aromatic carbocycles. The smallest absolute Gasteiger partial charge is 0.137 e. The van der Waals surface area contributed by atoms with Crippen LogP contribution in [0.5, 0.6) is 5.75 Å². The highest BCUT2D eigenvalue weighted by molar-refractivity contribution is 5.27. The molecule has 0 spiro atoms. The SMILES string of the molecule is Cc1cccc(OC[C@H](O)C[NH+]2CCC(C)CC2)c1. The lowest BCUT2D eigenvalue weighted by atomic mass is 9.99. The van der Waals surface area contributed by atoms with Crippen molar-refractivity contribution in [1.82, 2.24) is 0 Å². The Labute approximate surface area is 116 Å². The summed E-state index contributed by atoms with van der Waals surface area (Å²) >= 11 is 0. The van der Waals surface area contributed by atoms with E-state index in [-0.39, 0.29) is 6.10 Å². The average molecular weight is 264 g/mol. The van der Waals surface area contributed by atoms with Gasteiger partial charge in [0.2, 0.25) is 0 Å². The molecule has 3 heteroatoms. The normalized spacial score (nSPS) is 25.0. The van der Waals surface area contributed by atoms with Gasteiger partial charge in [0.05, 0.1) is 13.1 Å². The summed E-state index contributed by atoms with van der Waals surface area (Å²) in [5.74, 6) is 1.70. The summed E-state index contributed by atoms with van der Waals surface area (Å²) < 4.78 is 5.65. The highest BCUT2D eigenvalue weighted by atomic mass is 16.5. The summed E-state index contributed by atoms with van der Waals surface area (Å²) in [6, 6.07) is 7.97. The van der Waals surface area contributed by atoms with Crippen LogP contribution in [0.3, 0.4) is 0 Å². The zero-order valence-corrected chi connectivity index (χ0v) is 12.1. The lowest BCUT2D eigenvalue weighted by Gasteiger charge is -2.28. The number of aliphatic hydroxyl groups excluding tert-OH is 1. The number of piperidine rings is 1. The van der Waals surface area contributed by atoms with Gasteiger partial charge in [0.25, 0.3) is 0 Å². The van der Waals surface area contributed by atoms with Crippen LogP contribution >= 0.6 is 0 Å². The van der Waals surface area contributed by atoms with Crippen molar-refractivity contribution in [2.45, 2.75) is 32.8 Å². The molecule has 3 nitrogen and oxygen atoms in total. The second-order valence-electron chi connectivity index (χ2n) is 5.92. The van der Waals surface area contributed by atoms with Crippen molar-refractivity contribution >= 4 is 0 Å². The molecule has 1 heterocycles. The Morgan fingerprint density at radius 1 is 1.37 bits per heavy atom. The highest BCUT2D eigenvalue weighted by Crippen LogP contribution is 2.12. The molecule has 1 fully saturated rings. The topological polar surface area (TPSA) is 33.9 Å². The van der Waals surface area contributed by atoms with Crippen molar-refractivity contribution in [2.24, 2.45) is 5.92 Å². The number of ether oxygens (including phenoxy) is 1. The number of aryl methyl sites for hydroxylation is 1. The van der Waals surface area contributed by atoms with Crippen LogP contribution in [-0.2, 0) is 0 Å². The van der Waals surface area contributed by atoms with Crippen molar-refractivity contribution in [3.05, 3.63) is 29.8 Å². The molecular formula is C16H26NO2+. The van der Waals surface area contributed by atoms with E-state index in [4.69, 9.17) is 4.74 Å². The van der Waals surface area contributed by atoms with Crippen molar-refractivity contribution in [3.8, 4) is 5.75 Å². The van der Waals surface area contributed by atoms with E-state index in [1.54, 1.807) is 0 Å². The molecule has 2 N–H and O–H groups in total. The van der Waals surface area contributed by atoms with Crippen molar-refractivity contribution in [1.29, 1.82) is 0 Å². The first-order chi connectivity index (χ1) is 9.13. The minimum atomic E-state index is -0.371. The molecule has 0 aliphatic carbocycles. The third-order valence-electron chi connectivity index (χ3n) is 3.94. The summed E-state index contributed by atoms with van der Waals surface area (Å²) in [7, 11) is 0. The van der Waals surface area contributed by atoms with Gasteiger partial charge in [-0.3, -0.25) is 0 Å². The van der Waals surface area contributed by atoms with Crippen molar-refractivity contribution < 1.29 is 14.7 Å². The van der Waals surface area contributed by atoms with Gasteiger partial charge in [-0.2, -0.15) is 0 Å². The summed E-state index contributed by atoms with van der Waals surface area (Å²) in [6.45, 7) is 7.92. The Hall–Kier alpha value is -1.06. The molecule has 0 radical (unpaired) electrons. The predicted octanol–water partition coefficient (Wildman–Crippen LogP) is 1.05. The Bertz CT molecular complexity index is 386. The number of rotatable bonds is 5. The Morgan fingerprint density at radius 3 is 2.79 bits per heavy atom. The van der Waals surface area contributed by atoms with Gasteiger partial charge >= 0.3 is 0 Å². The molecule has 1 aliphatic heterocycles. The number of likely N-dealkylation sites (tertiary alicyclic amines) is 1. The van der Waals surface area contributed by atoms with Crippen LogP contribution in [0.15, 0.2) is 24.3 Å². The Balaban J connectivity index is 1.71. The van der Waals surface area contributed by atoms with Crippen LogP contribution in [0.2, 0.25) is 0 Å². The zero-order valence-electron chi connectivity index (χ0n) is 12.1. The van der Waals surface area contributed by atoms with Gasteiger partial charge in [0.15, 0.2) is 0 Å². The summed E-state index contributed by atoms with van der Waals surface area (Å²) in [5.41, 5.74) is 1.18. The first-order valence-corrected chi connectivity index (χ1v) is 7.34. The Morgan fingerprint density at radius 2 is 2.11 bits per heavy atom. The number of nitrogens with one attached hydrogen (secondary N) is 1. The summed E-state index contributed by atoms with van der Waals surface area (Å²) in [6.07, 6.45) is 2.19. The molecule has 19 heavy (non-hydrogen) atoms. The Kier molecular flexibility index (Phi) is 5.23. The van der Waals surface area contributed by atoms with Gasteiger partial charge in [-0.15, -0.1) is 0 Å². The minimum absolute atomic E-state index is 0.371. The molecule has 1 atom stereocenters. The van der Waals surface area contributed by atoms with Crippen LogP contribution in [0.25, 0.3) is 0 Å². The van der Waals surface area contributed by atoms with Crippen LogP contribution in [0, 0.1) is 12.8 Å². The van der Waals surface area contributed by atoms with Crippen LogP contribution in [0.4, 0.5) is 0 Å². The molecule has 0 saturated carbocycles. The number of hydrogen-bond donors (Lipinski definition) is 2. The third-order valence-corrected chi connectivity index (χ3v) is 3.94. The molecule has 0 amide bonds. The van der Waals surface area contributed by atoms with Gasteiger partial charge in [-0.1, -0.05) is 19.1 Å². The van der Waals surface area contributed by atoms with E-state index < -0.39 is 0 Å². The van der Waals surface area contributed by atoms with Crippen LogP contribution < -0.4 is 9.64 Å². The van der Waals surface area contributed by atoms with E-state index in [1.807, 2.05) is 31.2 Å². The van der Waals surface area contributed by atoms with Crippen molar-refractivity contribution in [3.63, 3.8) is 0 Å². The molecular weight excluding hydrogens is 238 g/mol. The summed E-state index contributed by atoms with van der Waals surface area (Å²) in [4.78, 5) is 1.51. The third kappa shape index (κ3) is 4.84. The van der Waals surface area contributed by atoms with E-state index in [1.165, 1.54) is 36.4 Å². The van der Waals surface area contributed by atoms with E-state index in [9.17, 15) is 5.11 Å². The number of hydrogen-bond acceptors (Lipinski definition) is 2. The largest absolute Gasteiger partial charge is 0.491 e. The van der Waals surface area contributed by atoms with E-state index in [0.29, 0.717) is 6.61 Å². The predicted molar refractivity (Wildman–Crippen MR) is 76.6 cm³/mol. The van der Waals surface area contributed by atoms with E-state index >= 15 is 0 Å². The molecule has 1 aliphatic rings. The fourth-order valence-corrected chi connectivity index (χ4v) is 2.66. The maximum Gasteiger partial charge on any atom is 0.137 e. The van der Waals surface area contributed by atoms with Gasteiger partial charge in [-0.05, 0) is 43.4 Å². The van der Waals surface area contributed by atoms with E-state index in [2.05, 4.69) is 6.92 Å². The molecule has 106 valence electrons. The highest BCUT2D eigenvalue weighted by Gasteiger charge is 2.21. The first kappa shape index (κ1) is 14.4. The van der Waals surface area contributed by atoms with E-state index in [0.717, 1.165) is 18.2 Å². The van der Waals surface area contributed by atoms with Crippen molar-refractivity contribution in [2.75, 3.05) is 26.2 Å². The second-order valence-corrected chi connectivity index (χ2v) is 5.92. The quantitative estimate of drug-likeness (QED) is 0.833. The average Bonchev–Trinajstić information content (AvgIpc) is 2.39. The van der Waals surface area contributed by atoms with Gasteiger partial charge in [-0.25, -0.2) is 0 Å². The zero-order chi connectivity index (χ0) is 13.7. The fraction of sp³-hybridized carbons (Fsp3) is 0.625. The number of benzene rings is 1. The van der Waals surface area contributed by atoms with Crippen LogP contribution in [-0.4, -0.2) is 37.5 Å². The summed E-state index contributed by atoms with van der Waals surface area (Å²) in [5, 5.41) is 10.1. The lowest BCUT2D eigenvalue weighted by molar-refractivity contribution is -0.909. The standard InChI is InChI=1S/C16H25NO2/c1-13-6-8-17(9-7-13)11-15(18)12-19-16-5-3-4-14(2)10-16/h3-5,10,13,15,18H,6-9,11-12H2,1-2H3/p+1/t15-/m1/s1.